The van der Waals surface area contributed by atoms with Crippen molar-refractivity contribution in [1.82, 2.24) is 24.9 Å². The van der Waals surface area contributed by atoms with Crippen molar-refractivity contribution in [2.75, 3.05) is 6.54 Å². The number of alkyl halides is 3. The minimum Gasteiger partial charge on any atom is -0.352 e. The average molecular weight is 370 g/mol. The van der Waals surface area contributed by atoms with E-state index in [9.17, 15) is 18.0 Å². The minimum absolute atomic E-state index is 0.00467. The van der Waals surface area contributed by atoms with Gasteiger partial charge < -0.3 is 11.1 Å². The summed E-state index contributed by atoms with van der Waals surface area (Å²) < 4.78 is 39.5. The van der Waals surface area contributed by atoms with Crippen LogP contribution in [0.2, 0.25) is 0 Å². The molecule has 3 N–H and O–H groups in total. The molecule has 0 aliphatic heterocycles. The summed E-state index contributed by atoms with van der Waals surface area (Å²) in [5.74, 6) is -0.989. The van der Waals surface area contributed by atoms with Crippen LogP contribution in [0.3, 0.4) is 0 Å². The molecule has 26 heavy (non-hydrogen) atoms. The van der Waals surface area contributed by atoms with Gasteiger partial charge in [-0.05, 0) is 44.6 Å². The molecule has 1 atom stereocenters. The van der Waals surface area contributed by atoms with Gasteiger partial charge in [0.1, 0.15) is 0 Å². The van der Waals surface area contributed by atoms with E-state index < -0.39 is 12.0 Å². The average Bonchev–Trinajstić information content (AvgIpc) is 3.30. The normalized spacial score (nSPS) is 16.1. The maximum atomic E-state index is 12.8. The first kappa shape index (κ1) is 18.6. The predicted molar refractivity (Wildman–Crippen MR) is 87.3 cm³/mol. The summed E-state index contributed by atoms with van der Waals surface area (Å²) >= 11 is 0. The number of aromatic nitrogens is 4. The molecule has 2 aromatic heterocycles. The Balaban J connectivity index is 1.76. The van der Waals surface area contributed by atoms with E-state index >= 15 is 0 Å². The number of aryl methyl sites for hydroxylation is 2. The molecule has 10 heteroatoms. The molecular formula is C16H21F3N6O. The molecule has 2 heterocycles. The second-order valence-corrected chi connectivity index (χ2v) is 6.65. The Hall–Kier alpha value is -2.23. The molecule has 0 saturated heterocycles. The van der Waals surface area contributed by atoms with Crippen LogP contribution in [0, 0.1) is 19.8 Å². The first-order valence-electron chi connectivity index (χ1n) is 8.50. The third-order valence-electron chi connectivity index (χ3n) is 4.70. The molecular weight excluding hydrogens is 349 g/mol. The van der Waals surface area contributed by atoms with Crippen molar-refractivity contribution in [2.24, 2.45) is 11.7 Å². The fourth-order valence-electron chi connectivity index (χ4n) is 3.08. The van der Waals surface area contributed by atoms with E-state index in [0.29, 0.717) is 35.8 Å². The number of amides is 1. The van der Waals surface area contributed by atoms with E-state index in [1.807, 2.05) is 0 Å². The van der Waals surface area contributed by atoms with Gasteiger partial charge in [-0.3, -0.25) is 4.79 Å². The first-order valence-corrected chi connectivity index (χ1v) is 8.50. The van der Waals surface area contributed by atoms with Gasteiger partial charge in [0.05, 0.1) is 0 Å². The number of rotatable bonds is 6. The summed E-state index contributed by atoms with van der Waals surface area (Å²) in [6.45, 7) is 3.74. The Kier molecular flexibility index (Phi) is 4.87. The van der Waals surface area contributed by atoms with Gasteiger partial charge in [-0.15, -0.1) is 5.10 Å². The number of carbonyl (C=O) groups excluding carboxylic acids is 1. The quantitative estimate of drug-likeness (QED) is 0.804. The largest absolute Gasteiger partial charge is 0.453 e. The van der Waals surface area contributed by atoms with Crippen molar-refractivity contribution in [3.8, 4) is 0 Å². The molecule has 1 saturated carbocycles. The number of nitrogens with zero attached hydrogens (tertiary/aromatic N) is 4. The summed E-state index contributed by atoms with van der Waals surface area (Å²) in [7, 11) is 0. The van der Waals surface area contributed by atoms with Gasteiger partial charge >= 0.3 is 6.18 Å². The summed E-state index contributed by atoms with van der Waals surface area (Å²) in [4.78, 5) is 19.7. The molecule has 1 unspecified atom stereocenters. The van der Waals surface area contributed by atoms with E-state index in [0.717, 1.165) is 17.4 Å². The lowest BCUT2D eigenvalue weighted by Crippen LogP contribution is -2.41. The van der Waals surface area contributed by atoms with Gasteiger partial charge in [0.15, 0.2) is 0 Å². The van der Waals surface area contributed by atoms with Gasteiger partial charge in [-0.25, -0.2) is 9.50 Å². The van der Waals surface area contributed by atoms with Crippen molar-refractivity contribution in [2.45, 2.75) is 51.7 Å². The SMILES string of the molecule is Cc1nc2nc(C(F)(F)F)nn2c(C)c1CCC(=O)NC(CN)C1CC1. The molecule has 2 aromatic rings. The highest BCUT2D eigenvalue weighted by Crippen LogP contribution is 2.32. The van der Waals surface area contributed by atoms with Crippen LogP contribution in [0.4, 0.5) is 13.2 Å². The summed E-state index contributed by atoms with van der Waals surface area (Å²) in [6, 6.07) is -0.00467. The fraction of sp³-hybridized carbons (Fsp3) is 0.625. The maximum Gasteiger partial charge on any atom is 0.453 e. The third-order valence-corrected chi connectivity index (χ3v) is 4.70. The Morgan fingerprint density at radius 1 is 1.35 bits per heavy atom. The number of fused-ring (bicyclic) bond motifs is 1. The lowest BCUT2D eigenvalue weighted by atomic mass is 10.1. The van der Waals surface area contributed by atoms with Gasteiger partial charge in [-0.2, -0.15) is 18.2 Å². The van der Waals surface area contributed by atoms with Gasteiger partial charge in [0.25, 0.3) is 11.6 Å². The topological polar surface area (TPSA) is 98.2 Å². The second kappa shape index (κ2) is 6.82. The van der Waals surface area contributed by atoms with E-state index in [1.165, 1.54) is 0 Å². The molecule has 1 aliphatic rings. The van der Waals surface area contributed by atoms with Crippen LogP contribution < -0.4 is 11.1 Å². The van der Waals surface area contributed by atoms with Gasteiger partial charge in [-0.1, -0.05) is 0 Å². The Morgan fingerprint density at radius 3 is 2.62 bits per heavy atom. The van der Waals surface area contributed by atoms with E-state index in [4.69, 9.17) is 5.73 Å². The van der Waals surface area contributed by atoms with Crippen LogP contribution in [0.15, 0.2) is 0 Å². The standard InChI is InChI=1S/C16H21F3N6O/c1-8-11(5-6-13(26)22-12(7-20)10-3-4-10)9(2)25-15(21-8)23-14(24-25)16(17,18)19/h10,12H,3-7,20H2,1-2H3,(H,22,26). The lowest BCUT2D eigenvalue weighted by Gasteiger charge is -2.16. The van der Waals surface area contributed by atoms with Crippen molar-refractivity contribution < 1.29 is 18.0 Å². The number of hydrogen-bond acceptors (Lipinski definition) is 5. The summed E-state index contributed by atoms with van der Waals surface area (Å²) in [5, 5.41) is 6.44. The number of carbonyl (C=O) groups is 1. The predicted octanol–water partition coefficient (Wildman–Crippen LogP) is 1.55. The number of nitrogens with one attached hydrogen (secondary N) is 1. The zero-order valence-electron chi connectivity index (χ0n) is 14.6. The second-order valence-electron chi connectivity index (χ2n) is 6.65. The Morgan fingerprint density at radius 2 is 2.04 bits per heavy atom. The fourth-order valence-corrected chi connectivity index (χ4v) is 3.08. The van der Waals surface area contributed by atoms with E-state index in [2.05, 4.69) is 20.4 Å². The Bertz CT molecular complexity index is 827. The first-order chi connectivity index (χ1) is 12.2. The van der Waals surface area contributed by atoms with Crippen LogP contribution in [0.1, 0.15) is 42.0 Å². The molecule has 7 nitrogen and oxygen atoms in total. The number of hydrogen-bond donors (Lipinski definition) is 2. The highest BCUT2D eigenvalue weighted by Gasteiger charge is 2.37. The van der Waals surface area contributed by atoms with Crippen molar-refractivity contribution in [3.63, 3.8) is 0 Å². The maximum absolute atomic E-state index is 12.8. The van der Waals surface area contributed by atoms with Crippen molar-refractivity contribution >= 4 is 11.7 Å². The van der Waals surface area contributed by atoms with Crippen LogP contribution in [-0.2, 0) is 17.4 Å². The minimum atomic E-state index is -4.63. The zero-order valence-corrected chi connectivity index (χ0v) is 14.6. The lowest BCUT2D eigenvalue weighted by molar-refractivity contribution is -0.144. The molecule has 142 valence electrons. The highest BCUT2D eigenvalue weighted by atomic mass is 19.4. The molecule has 0 bridgehead atoms. The van der Waals surface area contributed by atoms with Crippen molar-refractivity contribution in [1.29, 1.82) is 0 Å². The molecule has 0 radical (unpaired) electrons. The molecule has 0 spiro atoms. The van der Waals surface area contributed by atoms with Crippen molar-refractivity contribution in [3.05, 3.63) is 22.8 Å². The molecule has 1 aliphatic carbocycles. The molecule has 3 rings (SSSR count). The van der Waals surface area contributed by atoms with E-state index in [-0.39, 0.29) is 24.1 Å². The monoisotopic (exact) mass is 370 g/mol. The number of nitrogens with two attached hydrogens (primary N) is 1. The number of halogens is 3. The molecule has 1 amide bonds. The van der Waals surface area contributed by atoms with E-state index in [1.54, 1.807) is 13.8 Å². The van der Waals surface area contributed by atoms with Gasteiger partial charge in [0.2, 0.25) is 5.91 Å². The summed E-state index contributed by atoms with van der Waals surface area (Å²) in [6.07, 6.45) is -1.91. The van der Waals surface area contributed by atoms with Crippen LogP contribution >= 0.6 is 0 Å². The smallest absolute Gasteiger partial charge is 0.352 e. The third kappa shape index (κ3) is 3.79. The van der Waals surface area contributed by atoms with Crippen LogP contribution in [0.5, 0.6) is 0 Å². The van der Waals surface area contributed by atoms with Crippen LogP contribution in [-0.4, -0.2) is 38.1 Å². The van der Waals surface area contributed by atoms with Gasteiger partial charge in [0, 0.05) is 30.4 Å². The highest BCUT2D eigenvalue weighted by molar-refractivity contribution is 5.76. The molecule has 0 aromatic carbocycles. The zero-order chi connectivity index (χ0) is 19.1. The molecule has 1 fully saturated rings. The summed E-state index contributed by atoms with van der Waals surface area (Å²) in [5.41, 5.74) is 7.42. The Labute approximate surface area is 148 Å². The van der Waals surface area contributed by atoms with Crippen LogP contribution in [0.25, 0.3) is 5.78 Å².